The minimum absolute atomic E-state index is 0.230. The number of nitrogens with zero attached hydrogens (tertiary/aromatic N) is 4. The summed E-state index contributed by atoms with van der Waals surface area (Å²) < 4.78 is 0. The Hall–Kier alpha value is -2.50. The lowest BCUT2D eigenvalue weighted by atomic mass is 9.86. The Morgan fingerprint density at radius 1 is 0.882 bits per heavy atom. The average Bonchev–Trinajstić information content (AvgIpc) is 2.86. The molecule has 5 nitrogen and oxygen atoms in total. The smallest absolute Gasteiger partial charge is 0.226 e. The summed E-state index contributed by atoms with van der Waals surface area (Å²) in [5.74, 6) is 1.30. The number of hydrogen-bond acceptors (Lipinski definition) is 5. The summed E-state index contributed by atoms with van der Waals surface area (Å²) in [5.41, 5.74) is 5.95. The molecule has 1 unspecified atom stereocenters. The summed E-state index contributed by atoms with van der Waals surface area (Å²) >= 11 is 0. The van der Waals surface area contributed by atoms with Crippen molar-refractivity contribution in [1.82, 2.24) is 14.9 Å². The van der Waals surface area contributed by atoms with E-state index in [0.29, 0.717) is 12.0 Å². The molecule has 1 atom stereocenters. The number of anilines is 1. The lowest BCUT2D eigenvalue weighted by molar-refractivity contribution is 0.0413. The van der Waals surface area contributed by atoms with Gasteiger partial charge in [0, 0.05) is 24.5 Å². The monoisotopic (exact) mass is 458 g/mol. The molecule has 2 aromatic carbocycles. The van der Waals surface area contributed by atoms with Gasteiger partial charge in [0.1, 0.15) is 0 Å². The number of piperidine rings is 2. The summed E-state index contributed by atoms with van der Waals surface area (Å²) in [5, 5.41) is 11.9. The van der Waals surface area contributed by atoms with Gasteiger partial charge in [0.05, 0.1) is 17.3 Å². The molecule has 180 valence electrons. The second kappa shape index (κ2) is 10.0. The fraction of sp³-hybridized carbons (Fsp3) is 0.517. The summed E-state index contributed by atoms with van der Waals surface area (Å²) in [6.07, 6.45) is 5.05. The summed E-state index contributed by atoms with van der Waals surface area (Å²) in [6.45, 7) is 10.6. The third-order valence-electron chi connectivity index (χ3n) is 8.16. The zero-order valence-corrected chi connectivity index (χ0v) is 20.9. The van der Waals surface area contributed by atoms with Crippen LogP contribution in [0, 0.1) is 26.7 Å². The van der Waals surface area contributed by atoms with Gasteiger partial charge in [0.2, 0.25) is 5.95 Å². The van der Waals surface area contributed by atoms with Gasteiger partial charge >= 0.3 is 0 Å². The van der Waals surface area contributed by atoms with Crippen molar-refractivity contribution in [3.05, 3.63) is 64.8 Å². The van der Waals surface area contributed by atoms with Crippen LogP contribution in [0.2, 0.25) is 0 Å². The number of rotatable bonds is 5. The summed E-state index contributed by atoms with van der Waals surface area (Å²) in [6, 6.07) is 15.4. The molecule has 2 saturated heterocycles. The molecule has 2 aliphatic rings. The quantitative estimate of drug-likeness (QED) is 0.593. The van der Waals surface area contributed by atoms with E-state index in [4.69, 9.17) is 9.97 Å². The van der Waals surface area contributed by atoms with Gasteiger partial charge < -0.3 is 14.9 Å². The molecule has 1 N–H and O–H groups in total. The highest BCUT2D eigenvalue weighted by Crippen LogP contribution is 2.29. The van der Waals surface area contributed by atoms with Gasteiger partial charge in [-0.05, 0) is 101 Å². The van der Waals surface area contributed by atoms with Crippen LogP contribution in [0.5, 0.6) is 0 Å². The lowest BCUT2D eigenvalue weighted by Gasteiger charge is -2.42. The van der Waals surface area contributed by atoms with Crippen molar-refractivity contribution in [2.45, 2.75) is 65.0 Å². The predicted molar refractivity (Wildman–Crippen MR) is 139 cm³/mol. The molecular formula is C29H38N4O. The molecule has 3 aromatic rings. The molecule has 34 heavy (non-hydrogen) atoms. The third kappa shape index (κ3) is 4.96. The molecule has 5 heteroatoms. The van der Waals surface area contributed by atoms with Crippen LogP contribution in [-0.2, 0) is 6.42 Å². The molecule has 3 heterocycles. The molecule has 1 aromatic heterocycles. The first kappa shape index (κ1) is 23.3. The van der Waals surface area contributed by atoms with Gasteiger partial charge in [-0.2, -0.15) is 0 Å². The molecule has 5 rings (SSSR count). The first-order valence-electron chi connectivity index (χ1n) is 12.9. The molecule has 2 aliphatic heterocycles. The SMILES string of the molecule is Cc1cc2nc(N3CCC(N4CCC(C(O)Cc5ccccc5)CC4)CC3)nc(C)c2cc1C. The van der Waals surface area contributed by atoms with E-state index in [1.807, 2.05) is 6.07 Å². The van der Waals surface area contributed by atoms with E-state index in [9.17, 15) is 5.11 Å². The van der Waals surface area contributed by atoms with Crippen LogP contribution in [0.25, 0.3) is 10.9 Å². The number of aryl methyl sites for hydroxylation is 3. The molecule has 0 spiro atoms. The van der Waals surface area contributed by atoms with Crippen LogP contribution in [0.15, 0.2) is 42.5 Å². The normalized spacial score (nSPS) is 19.6. The first-order valence-corrected chi connectivity index (χ1v) is 12.9. The Labute approximate surface area is 203 Å². The molecule has 0 bridgehead atoms. The number of benzene rings is 2. The molecule has 0 aliphatic carbocycles. The number of aromatic nitrogens is 2. The molecule has 2 fully saturated rings. The number of hydrogen-bond donors (Lipinski definition) is 1. The van der Waals surface area contributed by atoms with Crippen molar-refractivity contribution >= 4 is 16.9 Å². The standard InChI is InChI=1S/C29H38N4O/c1-20-17-26-22(3)30-29(31-27(26)18-21(20)2)33-15-11-25(12-16-33)32-13-9-24(10-14-32)28(34)19-23-7-5-4-6-8-23/h4-8,17-18,24-25,28,34H,9-16,19H2,1-3H3. The highest BCUT2D eigenvalue weighted by atomic mass is 16.3. The van der Waals surface area contributed by atoms with E-state index in [2.05, 4.69) is 67.0 Å². The van der Waals surface area contributed by atoms with E-state index >= 15 is 0 Å². The van der Waals surface area contributed by atoms with Crippen molar-refractivity contribution in [3.63, 3.8) is 0 Å². The highest BCUT2D eigenvalue weighted by Gasteiger charge is 2.31. The third-order valence-corrected chi connectivity index (χ3v) is 8.16. The van der Waals surface area contributed by atoms with Crippen molar-refractivity contribution in [3.8, 4) is 0 Å². The van der Waals surface area contributed by atoms with Crippen LogP contribution < -0.4 is 4.90 Å². The maximum absolute atomic E-state index is 10.8. The molecular weight excluding hydrogens is 420 g/mol. The van der Waals surface area contributed by atoms with Gasteiger partial charge in [-0.3, -0.25) is 0 Å². The molecule has 0 amide bonds. The van der Waals surface area contributed by atoms with E-state index in [1.165, 1.54) is 22.1 Å². The van der Waals surface area contributed by atoms with Crippen LogP contribution in [-0.4, -0.2) is 58.3 Å². The number of likely N-dealkylation sites (tertiary alicyclic amines) is 1. The largest absolute Gasteiger partial charge is 0.392 e. The maximum Gasteiger partial charge on any atom is 0.226 e. The fourth-order valence-electron chi connectivity index (χ4n) is 5.79. The van der Waals surface area contributed by atoms with Gasteiger partial charge in [0.25, 0.3) is 0 Å². The zero-order chi connectivity index (χ0) is 23.7. The number of aliphatic hydroxyl groups excluding tert-OH is 1. The fourth-order valence-corrected chi connectivity index (χ4v) is 5.79. The van der Waals surface area contributed by atoms with Crippen molar-refractivity contribution in [1.29, 1.82) is 0 Å². The highest BCUT2D eigenvalue weighted by molar-refractivity contribution is 5.83. The minimum Gasteiger partial charge on any atom is -0.392 e. The Balaban J connectivity index is 1.15. The molecule has 0 saturated carbocycles. The second-order valence-electron chi connectivity index (χ2n) is 10.4. The Bertz CT molecular complexity index is 1120. The van der Waals surface area contributed by atoms with Gasteiger partial charge in [-0.1, -0.05) is 30.3 Å². The summed E-state index contributed by atoms with van der Waals surface area (Å²) in [4.78, 5) is 14.8. The predicted octanol–water partition coefficient (Wildman–Crippen LogP) is 4.84. The van der Waals surface area contributed by atoms with Crippen LogP contribution >= 0.6 is 0 Å². The number of fused-ring (bicyclic) bond motifs is 1. The van der Waals surface area contributed by atoms with Crippen LogP contribution in [0.4, 0.5) is 5.95 Å². The van der Waals surface area contributed by atoms with E-state index < -0.39 is 0 Å². The van der Waals surface area contributed by atoms with E-state index in [-0.39, 0.29) is 6.10 Å². The van der Waals surface area contributed by atoms with Crippen molar-refractivity contribution < 1.29 is 5.11 Å². The first-order chi connectivity index (χ1) is 16.5. The van der Waals surface area contributed by atoms with Gasteiger partial charge in [0.15, 0.2) is 0 Å². The Morgan fingerprint density at radius 2 is 1.56 bits per heavy atom. The van der Waals surface area contributed by atoms with Gasteiger partial charge in [-0.15, -0.1) is 0 Å². The lowest BCUT2D eigenvalue weighted by Crippen LogP contribution is -2.49. The second-order valence-corrected chi connectivity index (χ2v) is 10.4. The topological polar surface area (TPSA) is 52.5 Å². The minimum atomic E-state index is -0.230. The number of aliphatic hydroxyl groups is 1. The van der Waals surface area contributed by atoms with Crippen LogP contribution in [0.1, 0.15) is 48.1 Å². The maximum atomic E-state index is 10.8. The van der Waals surface area contributed by atoms with Gasteiger partial charge in [-0.25, -0.2) is 9.97 Å². The molecule has 0 radical (unpaired) electrons. The Morgan fingerprint density at radius 3 is 2.26 bits per heavy atom. The van der Waals surface area contributed by atoms with Crippen LogP contribution in [0.3, 0.4) is 0 Å². The summed E-state index contributed by atoms with van der Waals surface area (Å²) in [7, 11) is 0. The zero-order valence-electron chi connectivity index (χ0n) is 20.9. The Kier molecular flexibility index (Phi) is 6.84. The van der Waals surface area contributed by atoms with E-state index in [1.54, 1.807) is 0 Å². The average molecular weight is 459 g/mol. The van der Waals surface area contributed by atoms with Crippen molar-refractivity contribution in [2.24, 2.45) is 5.92 Å². The van der Waals surface area contributed by atoms with E-state index in [0.717, 1.165) is 75.4 Å². The van der Waals surface area contributed by atoms with Crippen molar-refractivity contribution in [2.75, 3.05) is 31.1 Å².